The quantitative estimate of drug-likeness (QED) is 0.771. The zero-order chi connectivity index (χ0) is 7.97. The number of halogens is 2. The average molecular weight is 320 g/mol. The number of fused-ring (bicyclic) bond motifs is 3. The minimum Gasteiger partial charge on any atom is -0.345 e. The molecule has 1 N–H and O–H groups in total. The molecule has 0 amide bonds. The topological polar surface area (TPSA) is 53.4 Å². The van der Waals surface area contributed by atoms with Crippen LogP contribution in [-0.2, 0) is 0 Å². The van der Waals surface area contributed by atoms with Gasteiger partial charge in [-0.3, -0.25) is 9.98 Å². The molecule has 4 nitrogen and oxygen atoms in total. The first-order chi connectivity index (χ1) is 5.95. The highest BCUT2D eigenvalue weighted by Gasteiger charge is 2.02. The summed E-state index contributed by atoms with van der Waals surface area (Å²) < 4.78 is 0. The van der Waals surface area contributed by atoms with Gasteiger partial charge < -0.3 is 4.98 Å². The number of imidazole rings is 1. The highest BCUT2D eigenvalue weighted by molar-refractivity contribution is 8.93. The van der Waals surface area contributed by atoms with Gasteiger partial charge in [0.15, 0.2) is 0 Å². The number of H-pyrrole nitrogens is 1. The summed E-state index contributed by atoms with van der Waals surface area (Å²) in [5, 5.41) is 1.88. The number of benzene rings is 1. The fraction of sp³-hybridized carbons (Fsp3) is 0.125. The average Bonchev–Trinajstić information content (AvgIpc) is 2.71. The molecule has 1 aromatic heterocycles. The Labute approximate surface area is 101 Å². The van der Waals surface area contributed by atoms with Crippen molar-refractivity contribution in [3.8, 4) is 0 Å². The lowest BCUT2D eigenvalue weighted by atomic mass is 10.3. The Balaban J connectivity index is 0.000000490. The molecule has 14 heavy (non-hydrogen) atoms. The van der Waals surface area contributed by atoms with Gasteiger partial charge in [-0.2, -0.15) is 0 Å². The van der Waals surface area contributed by atoms with Gasteiger partial charge in [-0.15, -0.1) is 34.0 Å². The molecule has 0 saturated heterocycles. The lowest BCUT2D eigenvalue weighted by molar-refractivity contribution is 1.06. The monoisotopic (exact) mass is 318 g/mol. The molecule has 0 radical (unpaired) electrons. The van der Waals surface area contributed by atoms with Crippen LogP contribution in [-0.4, -0.2) is 16.6 Å². The van der Waals surface area contributed by atoms with Crippen LogP contribution in [0.5, 0.6) is 0 Å². The van der Waals surface area contributed by atoms with Crippen molar-refractivity contribution in [1.82, 2.24) is 9.97 Å². The smallest absolute Gasteiger partial charge is 0.131 e. The second kappa shape index (κ2) is 4.18. The van der Waals surface area contributed by atoms with E-state index in [2.05, 4.69) is 20.0 Å². The van der Waals surface area contributed by atoms with Crippen molar-refractivity contribution in [3.63, 3.8) is 0 Å². The van der Waals surface area contributed by atoms with Crippen LogP contribution >= 0.6 is 34.0 Å². The van der Waals surface area contributed by atoms with Gasteiger partial charge in [0, 0.05) is 0 Å². The predicted octanol–water partition coefficient (Wildman–Crippen LogP) is 0.929. The van der Waals surface area contributed by atoms with E-state index in [0.29, 0.717) is 6.67 Å². The fourth-order valence-electron chi connectivity index (χ4n) is 1.45. The van der Waals surface area contributed by atoms with E-state index in [4.69, 9.17) is 0 Å². The molecule has 0 aliphatic carbocycles. The molecule has 0 spiro atoms. The van der Waals surface area contributed by atoms with Gasteiger partial charge in [0.05, 0.1) is 17.2 Å². The van der Waals surface area contributed by atoms with E-state index >= 15 is 0 Å². The first-order valence-electron chi connectivity index (χ1n) is 3.76. The van der Waals surface area contributed by atoms with Gasteiger partial charge in [0.2, 0.25) is 0 Å². The third-order valence-corrected chi connectivity index (χ3v) is 2.01. The summed E-state index contributed by atoms with van der Waals surface area (Å²) in [5.74, 6) is 0. The molecule has 3 rings (SSSR count). The molecule has 1 aliphatic heterocycles. The van der Waals surface area contributed by atoms with Crippen LogP contribution in [0.4, 0.5) is 0 Å². The number of rotatable bonds is 0. The molecule has 0 fully saturated rings. The van der Waals surface area contributed by atoms with Crippen LogP contribution in [0.25, 0.3) is 11.0 Å². The van der Waals surface area contributed by atoms with Crippen molar-refractivity contribution in [2.75, 3.05) is 6.67 Å². The lowest BCUT2D eigenvalue weighted by Gasteiger charge is -1.84. The molecule has 74 valence electrons. The van der Waals surface area contributed by atoms with Crippen molar-refractivity contribution in [3.05, 3.63) is 29.2 Å². The van der Waals surface area contributed by atoms with Crippen molar-refractivity contribution < 1.29 is 0 Å². The summed E-state index contributed by atoms with van der Waals surface area (Å²) in [6.45, 7) is 0.543. The molecule has 1 aromatic carbocycles. The highest BCUT2D eigenvalue weighted by Crippen LogP contribution is 2.00. The number of hydrogen-bond donors (Lipinski definition) is 1. The Morgan fingerprint density at radius 3 is 2.86 bits per heavy atom. The molecular weight excluding hydrogens is 312 g/mol. The van der Waals surface area contributed by atoms with Crippen LogP contribution in [0.2, 0.25) is 0 Å². The van der Waals surface area contributed by atoms with Gasteiger partial charge in [0.25, 0.3) is 0 Å². The van der Waals surface area contributed by atoms with E-state index in [1.54, 1.807) is 6.33 Å². The summed E-state index contributed by atoms with van der Waals surface area (Å²) in [6, 6.07) is 3.94. The zero-order valence-electron chi connectivity index (χ0n) is 7.10. The summed E-state index contributed by atoms with van der Waals surface area (Å²) in [7, 11) is 0. The van der Waals surface area contributed by atoms with Gasteiger partial charge in [-0.05, 0) is 12.1 Å². The van der Waals surface area contributed by atoms with Gasteiger partial charge in [0.1, 0.15) is 17.5 Å². The maximum atomic E-state index is 4.25. The molecule has 0 saturated carbocycles. The third kappa shape index (κ3) is 1.48. The van der Waals surface area contributed by atoms with E-state index in [1.165, 1.54) is 0 Å². The number of aromatic amines is 1. The minimum absolute atomic E-state index is 0. The summed E-state index contributed by atoms with van der Waals surface area (Å²) in [4.78, 5) is 15.7. The van der Waals surface area contributed by atoms with Crippen LogP contribution in [0.3, 0.4) is 0 Å². The first kappa shape index (κ1) is 11.3. The van der Waals surface area contributed by atoms with Crippen molar-refractivity contribution >= 4 is 45.0 Å². The summed E-state index contributed by atoms with van der Waals surface area (Å²) in [6.07, 6.45) is 1.68. The maximum absolute atomic E-state index is 4.25. The standard InChI is InChI=1S/C8H6N4.2BrH/c1-2-6-8(12-4-10-6)7-5(1)9-3-11-7;;/h1-3H,4H2,(H,9,11);2*1H. The molecule has 0 atom stereocenters. The molecule has 0 bridgehead atoms. The maximum Gasteiger partial charge on any atom is 0.131 e. The fourth-order valence-corrected chi connectivity index (χ4v) is 1.45. The highest BCUT2D eigenvalue weighted by atomic mass is 79.9. The molecule has 0 unspecified atom stereocenters. The number of nitrogens with zero attached hydrogens (tertiary/aromatic N) is 3. The van der Waals surface area contributed by atoms with Gasteiger partial charge in [-0.25, -0.2) is 4.98 Å². The van der Waals surface area contributed by atoms with E-state index in [9.17, 15) is 0 Å². The normalized spacial score (nSPS) is 12.0. The molecule has 2 heterocycles. The van der Waals surface area contributed by atoms with E-state index in [0.717, 1.165) is 21.7 Å². The van der Waals surface area contributed by atoms with Crippen LogP contribution in [0.15, 0.2) is 28.4 Å². The van der Waals surface area contributed by atoms with Gasteiger partial charge >= 0.3 is 0 Å². The zero-order valence-corrected chi connectivity index (χ0v) is 10.5. The molecular formula is C8H8Br2N4. The van der Waals surface area contributed by atoms with Crippen molar-refractivity contribution in [1.29, 1.82) is 0 Å². The van der Waals surface area contributed by atoms with E-state index < -0.39 is 0 Å². The lowest BCUT2D eigenvalue weighted by Crippen LogP contribution is -2.22. The summed E-state index contributed by atoms with van der Waals surface area (Å²) >= 11 is 0. The van der Waals surface area contributed by atoms with Gasteiger partial charge in [-0.1, -0.05) is 0 Å². The number of aromatic nitrogens is 2. The molecule has 1 aliphatic rings. The van der Waals surface area contributed by atoms with Crippen LogP contribution in [0, 0.1) is 0 Å². The van der Waals surface area contributed by atoms with E-state index in [1.807, 2.05) is 12.1 Å². The van der Waals surface area contributed by atoms with Crippen molar-refractivity contribution in [2.24, 2.45) is 9.98 Å². The Morgan fingerprint density at radius 1 is 1.14 bits per heavy atom. The van der Waals surface area contributed by atoms with E-state index in [-0.39, 0.29) is 34.0 Å². The first-order valence-corrected chi connectivity index (χ1v) is 3.76. The second-order valence-corrected chi connectivity index (χ2v) is 2.69. The second-order valence-electron chi connectivity index (χ2n) is 2.69. The third-order valence-electron chi connectivity index (χ3n) is 2.01. The Kier molecular flexibility index (Phi) is 3.38. The molecule has 6 heteroatoms. The van der Waals surface area contributed by atoms with Crippen LogP contribution in [0.1, 0.15) is 0 Å². The predicted molar refractivity (Wildman–Crippen MR) is 63.9 cm³/mol. The largest absolute Gasteiger partial charge is 0.345 e. The van der Waals surface area contributed by atoms with Crippen molar-refractivity contribution in [2.45, 2.75) is 0 Å². The van der Waals surface area contributed by atoms with Crippen LogP contribution < -0.4 is 10.7 Å². The summed E-state index contributed by atoms with van der Waals surface area (Å²) in [5.41, 5.74) is 1.95. The minimum atomic E-state index is 0. The molecule has 2 aromatic rings. The number of nitrogens with one attached hydrogen (secondary N) is 1. The Morgan fingerprint density at radius 2 is 2.00 bits per heavy atom. The number of hydrogen-bond acceptors (Lipinski definition) is 3. The SMILES string of the molecule is Br.Br.c1nc2c3c(ccc2[nH]1)=NCN=3. The Hall–Kier alpha value is -0.750. The Bertz CT molecular complexity index is 560.